The molecule has 0 radical (unpaired) electrons. The first kappa shape index (κ1) is 29.3. The minimum atomic E-state index is -1.06. The Hall–Kier alpha value is -4.47. The number of fused-ring (bicyclic) bond motifs is 2. The number of rotatable bonds is 7. The second kappa shape index (κ2) is 11.5. The summed E-state index contributed by atoms with van der Waals surface area (Å²) in [5.41, 5.74) is 5.30. The maximum atomic E-state index is 13.0. The molecule has 2 aliphatic rings. The number of carbonyl (C=O) groups excluding carboxylic acids is 2. The molecule has 2 amide bonds. The quantitative estimate of drug-likeness (QED) is 0.180. The molecule has 8 nitrogen and oxygen atoms in total. The molecule has 45 heavy (non-hydrogen) atoms. The van der Waals surface area contributed by atoms with E-state index in [9.17, 15) is 19.5 Å². The molecule has 10 heteroatoms. The molecular formula is C35H30ClN3O5S. The van der Waals surface area contributed by atoms with E-state index in [-0.39, 0.29) is 28.7 Å². The van der Waals surface area contributed by atoms with Gasteiger partial charge in [0.2, 0.25) is 0 Å². The zero-order valence-corrected chi connectivity index (χ0v) is 26.3. The molecule has 2 aromatic heterocycles. The van der Waals surface area contributed by atoms with Crippen LogP contribution in [0.5, 0.6) is 5.75 Å². The number of thiophene rings is 1. The largest absolute Gasteiger partial charge is 0.484 e. The Bertz CT molecular complexity index is 1960. The number of halogens is 1. The minimum Gasteiger partial charge on any atom is -0.484 e. The molecule has 3 aromatic carbocycles. The van der Waals surface area contributed by atoms with Crippen molar-refractivity contribution < 1.29 is 24.2 Å². The lowest BCUT2D eigenvalue weighted by Crippen LogP contribution is -2.41. The van der Waals surface area contributed by atoms with Gasteiger partial charge in [0.05, 0.1) is 22.2 Å². The van der Waals surface area contributed by atoms with Gasteiger partial charge >= 0.3 is 5.97 Å². The van der Waals surface area contributed by atoms with Gasteiger partial charge < -0.3 is 9.84 Å². The van der Waals surface area contributed by atoms with Gasteiger partial charge in [-0.3, -0.25) is 19.1 Å². The molecule has 0 unspecified atom stereocenters. The molecule has 0 saturated heterocycles. The predicted octanol–water partition coefficient (Wildman–Crippen LogP) is 8.21. The maximum absolute atomic E-state index is 13.0. The Morgan fingerprint density at radius 3 is 2.33 bits per heavy atom. The number of imide groups is 1. The summed E-state index contributed by atoms with van der Waals surface area (Å²) in [4.78, 5) is 44.6. The molecule has 1 aliphatic carbocycles. The SMILES string of the molecule is Cc1c(-n2cnc3ccc(C4CCC(N5C(=O)c6ccccc6C5=O)CC4)cc32)sc(C(=O)O)c1O[C@H](C)c1ccccc1Cl. The number of aromatic carboxylic acids is 1. The monoisotopic (exact) mass is 639 g/mol. The van der Waals surface area contributed by atoms with Gasteiger partial charge in [0.25, 0.3) is 11.8 Å². The van der Waals surface area contributed by atoms with Crippen LogP contribution >= 0.6 is 22.9 Å². The van der Waals surface area contributed by atoms with Crippen LogP contribution in [-0.2, 0) is 0 Å². The normalized spacial score (nSPS) is 18.8. The lowest BCUT2D eigenvalue weighted by molar-refractivity contribution is 0.0541. The van der Waals surface area contributed by atoms with Crippen molar-refractivity contribution in [3.8, 4) is 10.8 Å². The number of benzene rings is 3. The zero-order chi connectivity index (χ0) is 31.4. The molecule has 3 heterocycles. The Balaban J connectivity index is 1.14. The summed E-state index contributed by atoms with van der Waals surface area (Å²) in [6, 6.07) is 20.5. The fourth-order valence-corrected chi connectivity index (χ4v) is 8.05. The summed E-state index contributed by atoms with van der Waals surface area (Å²) in [5, 5.41) is 11.4. The van der Waals surface area contributed by atoms with E-state index < -0.39 is 12.1 Å². The molecule has 1 atom stereocenters. The Kier molecular flexibility index (Phi) is 7.46. The topological polar surface area (TPSA) is 102 Å². The predicted molar refractivity (Wildman–Crippen MR) is 173 cm³/mol. The van der Waals surface area contributed by atoms with Gasteiger partial charge in [0.1, 0.15) is 17.4 Å². The molecule has 1 aliphatic heterocycles. The first-order valence-corrected chi connectivity index (χ1v) is 16.1. The number of carbonyl (C=O) groups is 3. The van der Waals surface area contributed by atoms with E-state index in [4.69, 9.17) is 16.3 Å². The smallest absolute Gasteiger partial charge is 0.349 e. The minimum absolute atomic E-state index is 0.113. The van der Waals surface area contributed by atoms with Crippen molar-refractivity contribution in [3.63, 3.8) is 0 Å². The average molecular weight is 640 g/mol. The van der Waals surface area contributed by atoms with Crippen LogP contribution in [0.1, 0.15) is 91.7 Å². The highest BCUT2D eigenvalue weighted by molar-refractivity contribution is 7.17. The third-order valence-electron chi connectivity index (χ3n) is 9.05. The molecule has 0 bridgehead atoms. The second-order valence-electron chi connectivity index (χ2n) is 11.7. The van der Waals surface area contributed by atoms with E-state index in [1.807, 2.05) is 42.7 Å². The molecule has 7 rings (SSSR count). The zero-order valence-electron chi connectivity index (χ0n) is 24.7. The van der Waals surface area contributed by atoms with Crippen molar-refractivity contribution in [1.29, 1.82) is 0 Å². The Morgan fingerprint density at radius 1 is 1.00 bits per heavy atom. The summed E-state index contributed by atoms with van der Waals surface area (Å²) in [6.45, 7) is 3.72. The van der Waals surface area contributed by atoms with Crippen molar-refractivity contribution >= 4 is 51.8 Å². The van der Waals surface area contributed by atoms with Crippen LogP contribution in [0.25, 0.3) is 16.0 Å². The van der Waals surface area contributed by atoms with Crippen LogP contribution < -0.4 is 4.74 Å². The van der Waals surface area contributed by atoms with Crippen LogP contribution in [0.2, 0.25) is 5.02 Å². The van der Waals surface area contributed by atoms with E-state index in [0.29, 0.717) is 27.5 Å². The summed E-state index contributed by atoms with van der Waals surface area (Å²) in [7, 11) is 0. The molecule has 5 aromatic rings. The Labute approximate surface area is 268 Å². The van der Waals surface area contributed by atoms with Gasteiger partial charge in [-0.15, -0.1) is 11.3 Å². The first-order chi connectivity index (χ1) is 21.7. The van der Waals surface area contributed by atoms with Crippen molar-refractivity contribution in [1.82, 2.24) is 14.5 Å². The van der Waals surface area contributed by atoms with E-state index in [0.717, 1.165) is 64.2 Å². The number of amides is 2. The number of carboxylic acids is 1. The van der Waals surface area contributed by atoms with Gasteiger partial charge in [0.15, 0.2) is 10.6 Å². The second-order valence-corrected chi connectivity index (χ2v) is 13.1. The number of hydrogen-bond acceptors (Lipinski definition) is 6. The highest BCUT2D eigenvalue weighted by atomic mass is 35.5. The number of imidazole rings is 1. The molecule has 1 N–H and O–H groups in total. The molecular weight excluding hydrogens is 610 g/mol. The lowest BCUT2D eigenvalue weighted by Gasteiger charge is -2.33. The van der Waals surface area contributed by atoms with Gasteiger partial charge in [-0.1, -0.05) is 48.0 Å². The molecule has 1 saturated carbocycles. The van der Waals surface area contributed by atoms with Gasteiger partial charge in [-0.2, -0.15) is 0 Å². The van der Waals surface area contributed by atoms with Crippen LogP contribution in [0.4, 0.5) is 0 Å². The summed E-state index contributed by atoms with van der Waals surface area (Å²) in [6.07, 6.45) is 4.43. The van der Waals surface area contributed by atoms with Crippen LogP contribution in [0, 0.1) is 6.92 Å². The van der Waals surface area contributed by atoms with Crippen molar-refractivity contribution in [3.05, 3.63) is 111 Å². The number of hydrogen-bond donors (Lipinski definition) is 1. The van der Waals surface area contributed by atoms with Crippen molar-refractivity contribution in [2.45, 2.75) is 57.6 Å². The molecule has 0 spiro atoms. The van der Waals surface area contributed by atoms with E-state index in [2.05, 4.69) is 17.1 Å². The average Bonchev–Trinajstić information content (AvgIpc) is 3.69. The van der Waals surface area contributed by atoms with Gasteiger partial charge in [0, 0.05) is 22.2 Å². The van der Waals surface area contributed by atoms with Crippen LogP contribution in [0.3, 0.4) is 0 Å². The highest BCUT2D eigenvalue weighted by Gasteiger charge is 2.41. The molecule has 228 valence electrons. The lowest BCUT2D eigenvalue weighted by atomic mass is 9.81. The summed E-state index contributed by atoms with van der Waals surface area (Å²) >= 11 is 7.55. The number of ether oxygens (including phenoxy) is 1. The number of nitrogens with zero attached hydrogens (tertiary/aromatic N) is 3. The summed E-state index contributed by atoms with van der Waals surface area (Å²) < 4.78 is 8.19. The van der Waals surface area contributed by atoms with Crippen molar-refractivity contribution in [2.24, 2.45) is 0 Å². The Morgan fingerprint density at radius 2 is 1.67 bits per heavy atom. The summed E-state index contributed by atoms with van der Waals surface area (Å²) in [5.74, 6) is -0.865. The first-order valence-electron chi connectivity index (χ1n) is 14.9. The maximum Gasteiger partial charge on any atom is 0.349 e. The van der Waals surface area contributed by atoms with Crippen molar-refractivity contribution in [2.75, 3.05) is 0 Å². The number of carboxylic acid groups (broad SMARTS) is 1. The van der Waals surface area contributed by atoms with Crippen LogP contribution in [-0.4, -0.2) is 43.4 Å². The van der Waals surface area contributed by atoms with Gasteiger partial charge in [-0.05, 0) is 81.3 Å². The standard InChI is InChI=1S/C35H30ClN3O5S/c1-19-30(44-20(2)24-7-5-6-10-27(24)36)31(35(42)43)45-34(19)38-18-37-28-16-13-22(17-29(28)38)21-11-14-23(15-12-21)39-32(40)25-8-3-4-9-26(25)33(39)41/h3-10,13,16-18,20-21,23H,11-12,14-15H2,1-2H3,(H,42,43)/t20-,21?,23?/m1/s1. The van der Waals surface area contributed by atoms with Gasteiger partial charge in [-0.25, -0.2) is 9.78 Å². The fourth-order valence-electron chi connectivity index (χ4n) is 6.69. The third kappa shape index (κ3) is 5.00. The van der Waals surface area contributed by atoms with E-state index in [1.54, 1.807) is 36.7 Å². The third-order valence-corrected chi connectivity index (χ3v) is 10.7. The van der Waals surface area contributed by atoms with E-state index >= 15 is 0 Å². The number of aromatic nitrogens is 2. The molecule has 1 fully saturated rings. The van der Waals surface area contributed by atoms with Crippen LogP contribution in [0.15, 0.2) is 73.1 Å². The highest BCUT2D eigenvalue weighted by Crippen LogP contribution is 2.43. The van der Waals surface area contributed by atoms with E-state index in [1.165, 1.54) is 4.90 Å². The fraction of sp³-hybridized carbons (Fsp3) is 0.257.